The van der Waals surface area contributed by atoms with Gasteiger partial charge in [-0.2, -0.15) is 0 Å². The van der Waals surface area contributed by atoms with Crippen molar-refractivity contribution in [1.82, 2.24) is 10.2 Å². The molecule has 14 heavy (non-hydrogen) atoms. The summed E-state index contributed by atoms with van der Waals surface area (Å²) in [6.45, 7) is 5.04. The highest BCUT2D eigenvalue weighted by molar-refractivity contribution is 5.77. The first-order valence-corrected chi connectivity index (χ1v) is 5.80. The quantitative estimate of drug-likeness (QED) is 0.682. The summed E-state index contributed by atoms with van der Waals surface area (Å²) >= 11 is 0. The average molecular weight is 196 g/mol. The lowest BCUT2D eigenvalue weighted by atomic mass is 9.85. The second-order valence-electron chi connectivity index (χ2n) is 4.51. The predicted molar refractivity (Wildman–Crippen MR) is 56.1 cm³/mol. The number of nitrogens with zero attached hydrogens (tertiary/aromatic N) is 1. The number of carbonyl (C=O) groups excluding carboxylic acids is 1. The molecule has 1 amide bonds. The van der Waals surface area contributed by atoms with Crippen molar-refractivity contribution in [3.63, 3.8) is 0 Å². The van der Waals surface area contributed by atoms with Crippen molar-refractivity contribution in [2.75, 3.05) is 19.6 Å². The van der Waals surface area contributed by atoms with E-state index in [-0.39, 0.29) is 5.54 Å². The number of hydrogen-bond acceptors (Lipinski definition) is 2. The number of rotatable bonds is 1. The molecule has 0 aliphatic carbocycles. The van der Waals surface area contributed by atoms with E-state index in [1.165, 1.54) is 19.3 Å². The minimum Gasteiger partial charge on any atom is -0.336 e. The summed E-state index contributed by atoms with van der Waals surface area (Å²) in [4.78, 5) is 14.0. The van der Waals surface area contributed by atoms with Crippen molar-refractivity contribution in [3.05, 3.63) is 0 Å². The van der Waals surface area contributed by atoms with E-state index in [0.29, 0.717) is 12.3 Å². The van der Waals surface area contributed by atoms with Crippen molar-refractivity contribution in [3.8, 4) is 0 Å². The Kier molecular flexibility index (Phi) is 2.77. The minimum absolute atomic E-state index is 0.186. The van der Waals surface area contributed by atoms with E-state index in [9.17, 15) is 4.79 Å². The summed E-state index contributed by atoms with van der Waals surface area (Å²) in [5.41, 5.74) is 0.186. The Hall–Kier alpha value is -0.570. The van der Waals surface area contributed by atoms with Gasteiger partial charge in [0.05, 0.1) is 5.54 Å². The molecule has 3 heteroatoms. The SMILES string of the molecule is CCC(=O)N1CCCCC12CCNC2. The molecule has 0 aromatic heterocycles. The van der Waals surface area contributed by atoms with E-state index < -0.39 is 0 Å². The zero-order chi connectivity index (χ0) is 10.0. The topological polar surface area (TPSA) is 32.3 Å². The summed E-state index contributed by atoms with van der Waals surface area (Å²) in [6.07, 6.45) is 5.48. The van der Waals surface area contributed by atoms with E-state index in [1.54, 1.807) is 0 Å². The largest absolute Gasteiger partial charge is 0.336 e. The third-order valence-corrected chi connectivity index (χ3v) is 3.67. The molecule has 0 radical (unpaired) electrons. The van der Waals surface area contributed by atoms with E-state index in [0.717, 1.165) is 26.1 Å². The van der Waals surface area contributed by atoms with E-state index in [4.69, 9.17) is 0 Å². The lowest BCUT2D eigenvalue weighted by molar-refractivity contribution is -0.138. The summed E-state index contributed by atoms with van der Waals surface area (Å²) in [5, 5.41) is 3.40. The zero-order valence-corrected chi connectivity index (χ0v) is 9.01. The molecule has 2 heterocycles. The Morgan fingerprint density at radius 3 is 2.93 bits per heavy atom. The molecule has 0 aromatic carbocycles. The number of amides is 1. The second kappa shape index (κ2) is 3.89. The van der Waals surface area contributed by atoms with Crippen LogP contribution in [-0.4, -0.2) is 36.0 Å². The van der Waals surface area contributed by atoms with Gasteiger partial charge in [0.2, 0.25) is 5.91 Å². The van der Waals surface area contributed by atoms with Crippen LogP contribution >= 0.6 is 0 Å². The standard InChI is InChI=1S/C11H20N2O/c1-2-10(14)13-8-4-3-5-11(13)6-7-12-9-11/h12H,2-9H2,1H3. The van der Waals surface area contributed by atoms with Gasteiger partial charge in [0.25, 0.3) is 0 Å². The molecule has 2 aliphatic heterocycles. The Morgan fingerprint density at radius 2 is 2.29 bits per heavy atom. The predicted octanol–water partition coefficient (Wildman–Crippen LogP) is 1.14. The fraction of sp³-hybridized carbons (Fsp3) is 0.909. The Morgan fingerprint density at radius 1 is 1.43 bits per heavy atom. The fourth-order valence-electron chi connectivity index (χ4n) is 2.85. The van der Waals surface area contributed by atoms with Gasteiger partial charge < -0.3 is 10.2 Å². The van der Waals surface area contributed by atoms with Gasteiger partial charge >= 0.3 is 0 Å². The van der Waals surface area contributed by atoms with Crippen LogP contribution in [0.25, 0.3) is 0 Å². The van der Waals surface area contributed by atoms with Gasteiger partial charge in [0.15, 0.2) is 0 Å². The molecular formula is C11H20N2O. The van der Waals surface area contributed by atoms with Crippen LogP contribution in [0.3, 0.4) is 0 Å². The summed E-state index contributed by atoms with van der Waals surface area (Å²) < 4.78 is 0. The van der Waals surface area contributed by atoms with Gasteiger partial charge in [-0.15, -0.1) is 0 Å². The maximum absolute atomic E-state index is 11.8. The first kappa shape index (κ1) is 9.97. The highest BCUT2D eigenvalue weighted by Crippen LogP contribution is 2.33. The molecule has 1 N–H and O–H groups in total. The lowest BCUT2D eigenvalue weighted by Crippen LogP contribution is -2.55. The summed E-state index contributed by atoms with van der Waals surface area (Å²) in [7, 11) is 0. The van der Waals surface area contributed by atoms with Crippen molar-refractivity contribution < 1.29 is 4.79 Å². The Labute approximate surface area is 85.8 Å². The Balaban J connectivity index is 2.14. The zero-order valence-electron chi connectivity index (χ0n) is 9.01. The van der Waals surface area contributed by atoms with Gasteiger partial charge in [0.1, 0.15) is 0 Å². The first-order valence-electron chi connectivity index (χ1n) is 5.80. The molecule has 2 fully saturated rings. The molecule has 0 aromatic rings. The molecule has 1 unspecified atom stereocenters. The van der Waals surface area contributed by atoms with Gasteiger partial charge in [-0.3, -0.25) is 4.79 Å². The van der Waals surface area contributed by atoms with Crippen LogP contribution in [0.1, 0.15) is 39.0 Å². The molecule has 1 spiro atoms. The van der Waals surface area contributed by atoms with Crippen molar-refractivity contribution in [1.29, 1.82) is 0 Å². The monoisotopic (exact) mass is 196 g/mol. The molecule has 0 bridgehead atoms. The van der Waals surface area contributed by atoms with Gasteiger partial charge in [0, 0.05) is 19.5 Å². The molecule has 80 valence electrons. The first-order chi connectivity index (χ1) is 6.78. The van der Waals surface area contributed by atoms with Crippen LogP contribution in [0.5, 0.6) is 0 Å². The number of nitrogens with one attached hydrogen (secondary N) is 1. The van der Waals surface area contributed by atoms with Crippen LogP contribution in [-0.2, 0) is 4.79 Å². The summed E-state index contributed by atoms with van der Waals surface area (Å²) in [6, 6.07) is 0. The van der Waals surface area contributed by atoms with Crippen molar-refractivity contribution in [2.45, 2.75) is 44.6 Å². The molecule has 3 nitrogen and oxygen atoms in total. The molecule has 2 aliphatic rings. The average Bonchev–Trinajstić information content (AvgIpc) is 2.67. The van der Waals surface area contributed by atoms with E-state index in [2.05, 4.69) is 10.2 Å². The fourth-order valence-corrected chi connectivity index (χ4v) is 2.85. The van der Waals surface area contributed by atoms with Crippen LogP contribution in [0, 0.1) is 0 Å². The van der Waals surface area contributed by atoms with E-state index in [1.807, 2.05) is 6.92 Å². The number of carbonyl (C=O) groups is 1. The molecule has 0 saturated carbocycles. The minimum atomic E-state index is 0.186. The lowest BCUT2D eigenvalue weighted by Gasteiger charge is -2.44. The normalized spacial score (nSPS) is 32.5. The molecule has 2 saturated heterocycles. The van der Waals surface area contributed by atoms with Gasteiger partial charge in [-0.05, 0) is 32.2 Å². The molecule has 2 rings (SSSR count). The smallest absolute Gasteiger partial charge is 0.222 e. The van der Waals surface area contributed by atoms with Crippen LogP contribution in [0.4, 0.5) is 0 Å². The van der Waals surface area contributed by atoms with Gasteiger partial charge in [-0.1, -0.05) is 6.92 Å². The Bertz CT molecular complexity index is 221. The second-order valence-corrected chi connectivity index (χ2v) is 4.51. The maximum Gasteiger partial charge on any atom is 0.222 e. The van der Waals surface area contributed by atoms with E-state index >= 15 is 0 Å². The number of likely N-dealkylation sites (tertiary alicyclic amines) is 1. The van der Waals surface area contributed by atoms with Crippen molar-refractivity contribution >= 4 is 5.91 Å². The third kappa shape index (κ3) is 1.54. The summed E-state index contributed by atoms with van der Waals surface area (Å²) in [5.74, 6) is 0.341. The highest BCUT2D eigenvalue weighted by atomic mass is 16.2. The van der Waals surface area contributed by atoms with Crippen molar-refractivity contribution in [2.24, 2.45) is 0 Å². The van der Waals surface area contributed by atoms with Gasteiger partial charge in [-0.25, -0.2) is 0 Å². The highest BCUT2D eigenvalue weighted by Gasteiger charge is 2.42. The number of piperidine rings is 1. The van der Waals surface area contributed by atoms with Crippen LogP contribution in [0.15, 0.2) is 0 Å². The third-order valence-electron chi connectivity index (χ3n) is 3.67. The van der Waals surface area contributed by atoms with Crippen LogP contribution < -0.4 is 5.32 Å². The molecular weight excluding hydrogens is 176 g/mol. The number of hydrogen-bond donors (Lipinski definition) is 1. The molecule has 1 atom stereocenters. The maximum atomic E-state index is 11.8. The van der Waals surface area contributed by atoms with Crippen LogP contribution in [0.2, 0.25) is 0 Å².